The Hall–Kier alpha value is -2.33. The highest BCUT2D eigenvalue weighted by Gasteiger charge is 2.02. The second-order valence-corrected chi connectivity index (χ2v) is 3.98. The molecule has 0 heterocycles. The molecule has 4 nitrogen and oxygen atoms in total. The summed E-state index contributed by atoms with van der Waals surface area (Å²) in [6.45, 7) is 0. The van der Waals surface area contributed by atoms with E-state index in [1.165, 1.54) is 0 Å². The smallest absolute Gasteiger partial charge is 0.250 e. The summed E-state index contributed by atoms with van der Waals surface area (Å²) in [5.74, 6) is -0.874. The highest BCUT2D eigenvalue weighted by Crippen LogP contribution is 2.13. The highest BCUT2D eigenvalue weighted by molar-refractivity contribution is 6.33. The summed E-state index contributed by atoms with van der Waals surface area (Å²) >= 11 is 5.62. The molecule has 19 heavy (non-hydrogen) atoms. The minimum absolute atomic E-state index is 0.365. The van der Waals surface area contributed by atoms with E-state index in [1.807, 2.05) is 6.07 Å². The molecule has 0 atom stereocenters. The van der Waals surface area contributed by atoms with Crippen molar-refractivity contribution >= 4 is 23.4 Å². The monoisotopic (exact) mass is 276 g/mol. The van der Waals surface area contributed by atoms with Crippen LogP contribution in [0.4, 0.5) is 0 Å². The zero-order chi connectivity index (χ0) is 14.3. The highest BCUT2D eigenvalue weighted by atomic mass is 35.5. The van der Waals surface area contributed by atoms with E-state index >= 15 is 0 Å². The van der Waals surface area contributed by atoms with Gasteiger partial charge in [0.2, 0.25) is 11.8 Å². The lowest BCUT2D eigenvalue weighted by Crippen LogP contribution is -2.10. The van der Waals surface area contributed by atoms with E-state index in [2.05, 4.69) is 0 Å². The maximum atomic E-state index is 10.6. The number of carbonyl (C=O) groups is 2. The lowest BCUT2D eigenvalue weighted by molar-refractivity contribution is 0.0992. The van der Waals surface area contributed by atoms with Crippen molar-refractivity contribution in [3.05, 3.63) is 70.7 Å². The Morgan fingerprint density at radius 3 is 1.68 bits per heavy atom. The van der Waals surface area contributed by atoms with Gasteiger partial charge in [-0.2, -0.15) is 0 Å². The van der Waals surface area contributed by atoms with Gasteiger partial charge in [0, 0.05) is 5.56 Å². The number of nitrogens with two attached hydrogens (primary N) is 2. The Morgan fingerprint density at radius 2 is 1.32 bits per heavy atom. The molecule has 0 aliphatic carbocycles. The first-order chi connectivity index (χ1) is 9.02. The Labute approximate surface area is 116 Å². The van der Waals surface area contributed by atoms with Gasteiger partial charge < -0.3 is 11.5 Å². The van der Waals surface area contributed by atoms with Gasteiger partial charge in [-0.05, 0) is 24.3 Å². The van der Waals surface area contributed by atoms with Crippen molar-refractivity contribution in [2.24, 2.45) is 11.5 Å². The van der Waals surface area contributed by atoms with E-state index in [0.717, 1.165) is 0 Å². The molecule has 2 amide bonds. The molecule has 2 rings (SSSR count). The fraction of sp³-hybridized carbons (Fsp3) is 0. The van der Waals surface area contributed by atoms with Crippen LogP contribution in [0.1, 0.15) is 20.7 Å². The quantitative estimate of drug-likeness (QED) is 0.881. The van der Waals surface area contributed by atoms with Crippen LogP contribution < -0.4 is 11.5 Å². The summed E-state index contributed by atoms with van der Waals surface area (Å²) in [6, 6.07) is 15.4. The third kappa shape index (κ3) is 4.81. The number of rotatable bonds is 2. The third-order valence-electron chi connectivity index (χ3n) is 2.20. The fourth-order valence-corrected chi connectivity index (χ4v) is 1.49. The summed E-state index contributed by atoms with van der Waals surface area (Å²) in [5.41, 5.74) is 10.9. The van der Waals surface area contributed by atoms with E-state index in [1.54, 1.807) is 48.5 Å². The van der Waals surface area contributed by atoms with Crippen LogP contribution in [0.2, 0.25) is 5.02 Å². The molecule has 0 bridgehead atoms. The molecule has 0 aromatic heterocycles. The van der Waals surface area contributed by atoms with Crippen LogP contribution in [0.25, 0.3) is 0 Å². The number of hydrogen-bond acceptors (Lipinski definition) is 2. The van der Waals surface area contributed by atoms with Crippen molar-refractivity contribution in [3.8, 4) is 0 Å². The first-order valence-corrected chi connectivity index (χ1v) is 5.79. The predicted molar refractivity (Wildman–Crippen MR) is 74.9 cm³/mol. The molecule has 0 aliphatic rings. The van der Waals surface area contributed by atoms with E-state index in [-0.39, 0.29) is 5.91 Å². The number of primary amides is 2. The summed E-state index contributed by atoms with van der Waals surface area (Å²) < 4.78 is 0. The second kappa shape index (κ2) is 7.18. The standard InChI is InChI=1S/C7H6ClNO.C7H7NO/c8-6-4-2-1-3-5(6)7(9)10;8-7(9)6-4-2-1-3-5-6/h1-4H,(H2,9,10);1-5H,(H2,8,9). The van der Waals surface area contributed by atoms with Crippen molar-refractivity contribution in [3.63, 3.8) is 0 Å². The van der Waals surface area contributed by atoms with E-state index in [4.69, 9.17) is 23.1 Å². The zero-order valence-corrected chi connectivity index (χ0v) is 10.8. The van der Waals surface area contributed by atoms with Crippen molar-refractivity contribution in [1.29, 1.82) is 0 Å². The van der Waals surface area contributed by atoms with Gasteiger partial charge in [0.1, 0.15) is 0 Å². The molecule has 0 fully saturated rings. The summed E-state index contributed by atoms with van der Waals surface area (Å²) in [6.07, 6.45) is 0. The van der Waals surface area contributed by atoms with Crippen molar-refractivity contribution in [1.82, 2.24) is 0 Å². The number of amides is 2. The van der Waals surface area contributed by atoms with E-state index in [9.17, 15) is 9.59 Å². The summed E-state index contributed by atoms with van der Waals surface area (Å²) in [5, 5.41) is 0.398. The average Bonchev–Trinajstić information content (AvgIpc) is 2.40. The molecule has 0 spiro atoms. The van der Waals surface area contributed by atoms with Gasteiger partial charge in [0.25, 0.3) is 0 Å². The summed E-state index contributed by atoms with van der Waals surface area (Å²) in [7, 11) is 0. The molecule has 4 N–H and O–H groups in total. The van der Waals surface area contributed by atoms with Crippen LogP contribution in [-0.2, 0) is 0 Å². The Balaban J connectivity index is 0.000000191. The van der Waals surface area contributed by atoms with Gasteiger partial charge in [-0.3, -0.25) is 9.59 Å². The SMILES string of the molecule is NC(=O)c1ccccc1.NC(=O)c1ccccc1Cl. The van der Waals surface area contributed by atoms with Gasteiger partial charge >= 0.3 is 0 Å². The number of carbonyl (C=O) groups excluding carboxylic acids is 2. The first kappa shape index (κ1) is 14.7. The van der Waals surface area contributed by atoms with Crippen LogP contribution in [0.3, 0.4) is 0 Å². The average molecular weight is 277 g/mol. The minimum atomic E-state index is -0.495. The van der Waals surface area contributed by atoms with Crippen LogP contribution >= 0.6 is 11.6 Å². The van der Waals surface area contributed by atoms with Crippen molar-refractivity contribution in [2.45, 2.75) is 0 Å². The minimum Gasteiger partial charge on any atom is -0.366 e. The van der Waals surface area contributed by atoms with Crippen LogP contribution in [-0.4, -0.2) is 11.8 Å². The van der Waals surface area contributed by atoms with E-state index in [0.29, 0.717) is 16.1 Å². The molecule has 0 unspecified atom stereocenters. The summed E-state index contributed by atoms with van der Waals surface area (Å²) in [4.78, 5) is 21.0. The lowest BCUT2D eigenvalue weighted by Gasteiger charge is -1.95. The first-order valence-electron chi connectivity index (χ1n) is 5.41. The second-order valence-electron chi connectivity index (χ2n) is 3.57. The third-order valence-corrected chi connectivity index (χ3v) is 2.53. The van der Waals surface area contributed by atoms with Crippen molar-refractivity contribution in [2.75, 3.05) is 0 Å². The Bertz CT molecular complexity index is 571. The molecule has 5 heteroatoms. The molecule has 0 saturated carbocycles. The van der Waals surface area contributed by atoms with E-state index < -0.39 is 5.91 Å². The van der Waals surface area contributed by atoms with Crippen LogP contribution in [0.5, 0.6) is 0 Å². The maximum Gasteiger partial charge on any atom is 0.250 e. The van der Waals surface area contributed by atoms with Gasteiger partial charge in [0.15, 0.2) is 0 Å². The molecule has 2 aromatic carbocycles. The Kier molecular flexibility index (Phi) is 5.57. The normalized spacial score (nSPS) is 9.11. The lowest BCUT2D eigenvalue weighted by atomic mass is 10.2. The topological polar surface area (TPSA) is 86.2 Å². The molecule has 0 radical (unpaired) electrons. The molecule has 0 aliphatic heterocycles. The van der Waals surface area contributed by atoms with Crippen molar-refractivity contribution < 1.29 is 9.59 Å². The largest absolute Gasteiger partial charge is 0.366 e. The number of halogens is 1. The van der Waals surface area contributed by atoms with Gasteiger partial charge in [0.05, 0.1) is 10.6 Å². The van der Waals surface area contributed by atoms with Gasteiger partial charge in [-0.25, -0.2) is 0 Å². The van der Waals surface area contributed by atoms with Gasteiger partial charge in [-0.15, -0.1) is 0 Å². The molecule has 2 aromatic rings. The number of hydrogen-bond donors (Lipinski definition) is 2. The molecule has 98 valence electrons. The van der Waals surface area contributed by atoms with Gasteiger partial charge in [-0.1, -0.05) is 41.9 Å². The fourth-order valence-electron chi connectivity index (χ4n) is 1.26. The Morgan fingerprint density at radius 1 is 0.789 bits per heavy atom. The predicted octanol–water partition coefficient (Wildman–Crippen LogP) is 2.22. The molecule has 0 saturated heterocycles. The zero-order valence-electron chi connectivity index (χ0n) is 10.0. The van der Waals surface area contributed by atoms with Crippen LogP contribution in [0, 0.1) is 0 Å². The number of benzene rings is 2. The maximum absolute atomic E-state index is 10.6. The molecular formula is C14H13ClN2O2. The molecular weight excluding hydrogens is 264 g/mol. The van der Waals surface area contributed by atoms with Crippen LogP contribution in [0.15, 0.2) is 54.6 Å².